The smallest absolute Gasteiger partial charge is 0.462 e. The Balaban J connectivity index is 5.20. The van der Waals surface area contributed by atoms with Gasteiger partial charge in [0, 0.05) is 25.7 Å². The molecule has 0 aliphatic carbocycles. The van der Waals surface area contributed by atoms with Gasteiger partial charge in [-0.05, 0) is 49.4 Å². The number of phosphoric ester groups is 2. The molecule has 103 heavy (non-hydrogen) atoms. The summed E-state index contributed by atoms with van der Waals surface area (Å²) in [6.07, 6.45) is 61.1. The average molecular weight is 1510 g/mol. The number of rotatable bonds is 81. The van der Waals surface area contributed by atoms with E-state index in [0.29, 0.717) is 25.7 Å². The highest BCUT2D eigenvalue weighted by Gasteiger charge is 2.30. The molecule has 0 rings (SSSR count). The van der Waals surface area contributed by atoms with Crippen molar-refractivity contribution in [2.24, 2.45) is 23.7 Å². The molecule has 0 saturated heterocycles. The number of phosphoric acid groups is 2. The average Bonchev–Trinajstić information content (AvgIpc) is 0.910. The SMILES string of the molecule is CCC(C)CCCCCCCCCCCCCCCCCCCCC(=O)O[C@H](COC(=O)CCCCCCCCCCCCC(C)C)COP(=O)(O)OC[C@@H](O)COP(=O)(O)OC[C@@H](COC(=O)CCCCCCCCC(C)CC)OC(=O)CCCCCCCCCCCCCCCCCC(C)C. The third-order valence-electron chi connectivity index (χ3n) is 20.3. The first kappa shape index (κ1) is 101. The Bertz CT molecular complexity index is 2010. The van der Waals surface area contributed by atoms with E-state index in [4.69, 9.17) is 37.0 Å². The second-order valence-electron chi connectivity index (χ2n) is 31.7. The summed E-state index contributed by atoms with van der Waals surface area (Å²) in [6, 6.07) is 0. The van der Waals surface area contributed by atoms with Gasteiger partial charge in [0.15, 0.2) is 12.2 Å². The molecule has 0 aliphatic heterocycles. The Morgan fingerprint density at radius 3 is 0.689 bits per heavy atom. The number of hydrogen-bond acceptors (Lipinski definition) is 15. The lowest BCUT2D eigenvalue weighted by atomic mass is 9.99. The highest BCUT2D eigenvalue weighted by molar-refractivity contribution is 7.47. The quantitative estimate of drug-likeness (QED) is 0.0222. The van der Waals surface area contributed by atoms with E-state index < -0.39 is 97.5 Å². The van der Waals surface area contributed by atoms with Gasteiger partial charge in [-0.3, -0.25) is 37.3 Å². The Morgan fingerprint density at radius 1 is 0.272 bits per heavy atom. The fourth-order valence-corrected chi connectivity index (χ4v) is 14.5. The summed E-state index contributed by atoms with van der Waals surface area (Å²) in [5.74, 6) is 1.05. The molecule has 0 heterocycles. The summed E-state index contributed by atoms with van der Waals surface area (Å²) >= 11 is 0. The molecule has 0 fully saturated rings. The van der Waals surface area contributed by atoms with Crippen LogP contribution >= 0.6 is 15.6 Å². The van der Waals surface area contributed by atoms with Crippen LogP contribution in [-0.2, 0) is 65.4 Å². The minimum Gasteiger partial charge on any atom is -0.462 e. The molecule has 0 aromatic heterocycles. The second-order valence-corrected chi connectivity index (χ2v) is 34.6. The first-order valence-electron chi connectivity index (χ1n) is 43.3. The third-order valence-corrected chi connectivity index (χ3v) is 22.2. The molecule has 0 radical (unpaired) electrons. The minimum absolute atomic E-state index is 0.107. The summed E-state index contributed by atoms with van der Waals surface area (Å²) < 4.78 is 68.8. The van der Waals surface area contributed by atoms with Crippen LogP contribution in [0.2, 0.25) is 0 Å². The van der Waals surface area contributed by atoms with Gasteiger partial charge in [-0.25, -0.2) is 9.13 Å². The van der Waals surface area contributed by atoms with Gasteiger partial charge in [0.05, 0.1) is 26.4 Å². The van der Waals surface area contributed by atoms with Gasteiger partial charge < -0.3 is 33.8 Å². The van der Waals surface area contributed by atoms with Crippen LogP contribution in [0.1, 0.15) is 434 Å². The van der Waals surface area contributed by atoms with Crippen LogP contribution < -0.4 is 0 Å². The Labute approximate surface area is 632 Å². The largest absolute Gasteiger partial charge is 0.472 e. The molecule has 19 heteroatoms. The standard InChI is InChI=1S/C84H164O17P2/c1-9-76(7)62-54-46-38-32-25-21-17-13-11-12-14-18-22-26-34-40-50-58-66-83(88)100-79(70-94-81(86)64-56-48-39-33-29-28-31-37-45-53-61-75(5)6)72-98-102(90,91)96-68-78(85)69-97-103(92,93)99-73-80(71-95-82(87)65-57-49-43-42-47-55-63-77(8)10-2)101-84(89)67-59-51-41-35-27-23-19-15-16-20-24-30-36-44-52-60-74(3)4/h74-80,85H,9-73H2,1-8H3,(H,90,91)(H,92,93)/t76?,77?,78-,79-,80-/m1/s1. The molecular formula is C84H164O17P2. The summed E-state index contributed by atoms with van der Waals surface area (Å²) in [4.78, 5) is 73.1. The van der Waals surface area contributed by atoms with Gasteiger partial charge in [-0.1, -0.05) is 383 Å². The van der Waals surface area contributed by atoms with Crippen molar-refractivity contribution >= 4 is 39.5 Å². The molecule has 3 N–H and O–H groups in total. The van der Waals surface area contributed by atoms with Crippen molar-refractivity contribution in [2.45, 2.75) is 453 Å². The maximum absolute atomic E-state index is 13.1. The summed E-state index contributed by atoms with van der Waals surface area (Å²) in [5.41, 5.74) is 0. The van der Waals surface area contributed by atoms with Gasteiger partial charge >= 0.3 is 39.5 Å². The van der Waals surface area contributed by atoms with E-state index in [-0.39, 0.29) is 25.7 Å². The highest BCUT2D eigenvalue weighted by Crippen LogP contribution is 2.45. The van der Waals surface area contributed by atoms with Crippen LogP contribution in [0.4, 0.5) is 0 Å². The molecule has 0 aromatic carbocycles. The van der Waals surface area contributed by atoms with Crippen molar-refractivity contribution < 1.29 is 80.2 Å². The summed E-state index contributed by atoms with van der Waals surface area (Å²) in [6.45, 7) is 14.3. The fraction of sp³-hybridized carbons (Fsp3) is 0.952. The number of hydrogen-bond donors (Lipinski definition) is 3. The predicted octanol–water partition coefficient (Wildman–Crippen LogP) is 25.2. The molecule has 4 unspecified atom stereocenters. The van der Waals surface area contributed by atoms with Crippen molar-refractivity contribution in [1.82, 2.24) is 0 Å². The molecule has 17 nitrogen and oxygen atoms in total. The first-order valence-corrected chi connectivity index (χ1v) is 46.3. The molecule has 0 spiro atoms. The number of aliphatic hydroxyl groups is 1. The molecule has 612 valence electrons. The van der Waals surface area contributed by atoms with Gasteiger partial charge in [0.2, 0.25) is 0 Å². The number of aliphatic hydroxyl groups excluding tert-OH is 1. The Kier molecular flexibility index (Phi) is 71.5. The van der Waals surface area contributed by atoms with Gasteiger partial charge in [-0.15, -0.1) is 0 Å². The van der Waals surface area contributed by atoms with E-state index >= 15 is 0 Å². The van der Waals surface area contributed by atoms with E-state index in [1.807, 2.05) is 0 Å². The monoisotopic (exact) mass is 1510 g/mol. The van der Waals surface area contributed by atoms with Crippen LogP contribution in [0.15, 0.2) is 0 Å². The highest BCUT2D eigenvalue weighted by atomic mass is 31.2. The second kappa shape index (κ2) is 72.9. The molecule has 7 atom stereocenters. The Hall–Kier alpha value is -1.94. The topological polar surface area (TPSA) is 237 Å². The molecule has 0 aliphatic rings. The van der Waals surface area contributed by atoms with E-state index in [1.165, 1.54) is 231 Å². The van der Waals surface area contributed by atoms with Gasteiger partial charge in [0.25, 0.3) is 0 Å². The lowest BCUT2D eigenvalue weighted by Gasteiger charge is -2.21. The maximum atomic E-state index is 13.1. The lowest BCUT2D eigenvalue weighted by Crippen LogP contribution is -2.30. The van der Waals surface area contributed by atoms with Crippen molar-refractivity contribution in [3.8, 4) is 0 Å². The van der Waals surface area contributed by atoms with E-state index in [1.54, 1.807) is 0 Å². The molecule has 0 aromatic rings. The van der Waals surface area contributed by atoms with Crippen molar-refractivity contribution in [3.63, 3.8) is 0 Å². The number of carbonyl (C=O) groups excluding carboxylic acids is 4. The summed E-state index contributed by atoms with van der Waals surface area (Å²) in [5, 5.41) is 10.7. The zero-order chi connectivity index (χ0) is 76.0. The Morgan fingerprint density at radius 2 is 0.466 bits per heavy atom. The first-order chi connectivity index (χ1) is 49.7. The van der Waals surface area contributed by atoms with Crippen LogP contribution in [0, 0.1) is 23.7 Å². The van der Waals surface area contributed by atoms with Crippen LogP contribution in [0.5, 0.6) is 0 Å². The maximum Gasteiger partial charge on any atom is 0.472 e. The number of ether oxygens (including phenoxy) is 4. The molecule has 0 amide bonds. The summed E-state index contributed by atoms with van der Waals surface area (Å²) in [7, 11) is -9.93. The minimum atomic E-state index is -4.96. The molecular weight excluding hydrogens is 1340 g/mol. The van der Waals surface area contributed by atoms with E-state index in [2.05, 4.69) is 55.4 Å². The number of carbonyl (C=O) groups is 4. The van der Waals surface area contributed by atoms with E-state index in [0.717, 1.165) is 120 Å². The molecule has 0 bridgehead atoms. The van der Waals surface area contributed by atoms with E-state index in [9.17, 15) is 43.2 Å². The zero-order valence-electron chi connectivity index (χ0n) is 68.0. The van der Waals surface area contributed by atoms with Crippen LogP contribution in [0.25, 0.3) is 0 Å². The van der Waals surface area contributed by atoms with Crippen molar-refractivity contribution in [1.29, 1.82) is 0 Å². The van der Waals surface area contributed by atoms with Gasteiger partial charge in [-0.2, -0.15) is 0 Å². The van der Waals surface area contributed by atoms with Gasteiger partial charge in [0.1, 0.15) is 19.3 Å². The predicted molar refractivity (Wildman–Crippen MR) is 423 cm³/mol. The fourth-order valence-electron chi connectivity index (χ4n) is 12.9. The van der Waals surface area contributed by atoms with Crippen molar-refractivity contribution in [3.05, 3.63) is 0 Å². The molecule has 0 saturated carbocycles. The van der Waals surface area contributed by atoms with Crippen LogP contribution in [-0.4, -0.2) is 96.7 Å². The normalized spacial score (nSPS) is 14.5. The third kappa shape index (κ3) is 75.3. The van der Waals surface area contributed by atoms with Crippen LogP contribution in [0.3, 0.4) is 0 Å². The number of esters is 4. The van der Waals surface area contributed by atoms with Crippen molar-refractivity contribution in [2.75, 3.05) is 39.6 Å². The zero-order valence-corrected chi connectivity index (χ0v) is 69.7. The number of unbranched alkanes of at least 4 members (excludes halogenated alkanes) is 45. The lowest BCUT2D eigenvalue weighted by molar-refractivity contribution is -0.161.